The summed E-state index contributed by atoms with van der Waals surface area (Å²) in [6.07, 6.45) is 5.26. The minimum Gasteiger partial charge on any atom is -0.490 e. The van der Waals surface area contributed by atoms with Crippen molar-refractivity contribution in [1.82, 2.24) is 0 Å². The molecule has 0 N–H and O–H groups in total. The molecule has 0 amide bonds. The van der Waals surface area contributed by atoms with E-state index in [1.54, 1.807) is 0 Å². The lowest BCUT2D eigenvalue weighted by Crippen LogP contribution is -2.11. The van der Waals surface area contributed by atoms with Crippen LogP contribution in [0.25, 0.3) is 0 Å². The highest BCUT2D eigenvalue weighted by Crippen LogP contribution is 2.33. The van der Waals surface area contributed by atoms with Gasteiger partial charge in [0.15, 0.2) is 11.5 Å². The van der Waals surface area contributed by atoms with Crippen LogP contribution in [0.15, 0.2) is 22.7 Å². The van der Waals surface area contributed by atoms with Gasteiger partial charge < -0.3 is 9.47 Å². The normalized spacial score (nSPS) is 16.4. The lowest BCUT2D eigenvalue weighted by atomic mass is 10.3. The number of hydrogen-bond donors (Lipinski definition) is 0. The number of ether oxygens (including phenoxy) is 2. The van der Waals surface area contributed by atoms with Crippen molar-refractivity contribution in [1.29, 1.82) is 0 Å². The fourth-order valence-corrected chi connectivity index (χ4v) is 2.37. The highest BCUT2D eigenvalue weighted by molar-refractivity contribution is 9.10. The molecule has 0 radical (unpaired) electrons. The zero-order valence-corrected chi connectivity index (χ0v) is 11.1. The molecule has 1 aliphatic rings. The molecule has 1 aromatic rings. The molecule has 1 fully saturated rings. The Hall–Kier alpha value is -0.700. The summed E-state index contributed by atoms with van der Waals surface area (Å²) in [7, 11) is 0. The molecule has 3 heteroatoms. The van der Waals surface area contributed by atoms with Crippen LogP contribution in [0, 0.1) is 0 Å². The predicted molar refractivity (Wildman–Crippen MR) is 68.2 cm³/mol. The van der Waals surface area contributed by atoms with Gasteiger partial charge in [-0.3, -0.25) is 0 Å². The third-order valence-corrected chi connectivity index (χ3v) is 3.29. The Bertz CT molecular complexity index is 346. The maximum atomic E-state index is 5.98. The Morgan fingerprint density at radius 2 is 2.00 bits per heavy atom. The van der Waals surface area contributed by atoms with Crippen LogP contribution in [0.1, 0.15) is 32.6 Å². The van der Waals surface area contributed by atoms with Crippen molar-refractivity contribution >= 4 is 15.9 Å². The van der Waals surface area contributed by atoms with Gasteiger partial charge in [-0.25, -0.2) is 0 Å². The van der Waals surface area contributed by atoms with Gasteiger partial charge in [0.1, 0.15) is 0 Å². The standard InChI is InChI=1S/C13H17BrO2/c1-2-15-12-8-7-10(14)9-13(12)16-11-5-3-4-6-11/h7-9,11H,2-6H2,1H3. The van der Waals surface area contributed by atoms with Crippen LogP contribution in [-0.4, -0.2) is 12.7 Å². The smallest absolute Gasteiger partial charge is 0.162 e. The summed E-state index contributed by atoms with van der Waals surface area (Å²) in [6, 6.07) is 5.92. The van der Waals surface area contributed by atoms with Crippen molar-refractivity contribution < 1.29 is 9.47 Å². The molecule has 0 atom stereocenters. The largest absolute Gasteiger partial charge is 0.490 e. The summed E-state index contributed by atoms with van der Waals surface area (Å²) in [5.74, 6) is 1.71. The van der Waals surface area contributed by atoms with Crippen LogP contribution >= 0.6 is 15.9 Å². The van der Waals surface area contributed by atoms with Crippen LogP contribution in [-0.2, 0) is 0 Å². The Labute approximate surface area is 105 Å². The zero-order valence-electron chi connectivity index (χ0n) is 9.54. The molecule has 2 rings (SSSR count). The first-order chi connectivity index (χ1) is 7.79. The Morgan fingerprint density at radius 3 is 2.69 bits per heavy atom. The summed E-state index contributed by atoms with van der Waals surface area (Å²) < 4.78 is 12.6. The van der Waals surface area contributed by atoms with E-state index in [2.05, 4.69) is 15.9 Å². The van der Waals surface area contributed by atoms with E-state index in [0.717, 1.165) is 28.8 Å². The van der Waals surface area contributed by atoms with Crippen molar-refractivity contribution in [3.63, 3.8) is 0 Å². The first kappa shape index (κ1) is 11.8. The minimum atomic E-state index is 0.369. The summed E-state index contributed by atoms with van der Waals surface area (Å²) in [4.78, 5) is 0. The second-order valence-electron chi connectivity index (χ2n) is 4.05. The zero-order chi connectivity index (χ0) is 11.4. The first-order valence-electron chi connectivity index (χ1n) is 5.88. The van der Waals surface area contributed by atoms with Crippen LogP contribution < -0.4 is 9.47 Å². The summed E-state index contributed by atoms with van der Waals surface area (Å²) in [5.41, 5.74) is 0. The highest BCUT2D eigenvalue weighted by Gasteiger charge is 2.18. The Kier molecular flexibility index (Phi) is 4.10. The van der Waals surface area contributed by atoms with Crippen molar-refractivity contribution in [2.45, 2.75) is 38.7 Å². The molecule has 1 saturated carbocycles. The number of benzene rings is 1. The van der Waals surface area contributed by atoms with E-state index in [0.29, 0.717) is 12.7 Å². The van der Waals surface area contributed by atoms with Gasteiger partial charge in [-0.1, -0.05) is 15.9 Å². The third-order valence-electron chi connectivity index (χ3n) is 2.80. The Balaban J connectivity index is 2.12. The predicted octanol–water partition coefficient (Wildman–Crippen LogP) is 4.17. The molecule has 0 heterocycles. The van der Waals surface area contributed by atoms with Crippen molar-refractivity contribution in [3.8, 4) is 11.5 Å². The van der Waals surface area contributed by atoms with Crippen molar-refractivity contribution in [3.05, 3.63) is 22.7 Å². The van der Waals surface area contributed by atoms with Gasteiger partial charge >= 0.3 is 0 Å². The van der Waals surface area contributed by atoms with Crippen LogP contribution in [0.5, 0.6) is 11.5 Å². The molecule has 0 aliphatic heterocycles. The molecule has 1 aromatic carbocycles. The maximum absolute atomic E-state index is 5.98. The molecule has 2 nitrogen and oxygen atoms in total. The van der Waals surface area contributed by atoms with E-state index in [4.69, 9.17) is 9.47 Å². The molecule has 0 aromatic heterocycles. The monoisotopic (exact) mass is 284 g/mol. The van der Waals surface area contributed by atoms with Crippen LogP contribution in [0.3, 0.4) is 0 Å². The second-order valence-corrected chi connectivity index (χ2v) is 4.96. The highest BCUT2D eigenvalue weighted by atomic mass is 79.9. The van der Waals surface area contributed by atoms with Gasteiger partial charge in [0.05, 0.1) is 12.7 Å². The number of halogens is 1. The van der Waals surface area contributed by atoms with E-state index < -0.39 is 0 Å². The average Bonchev–Trinajstić information content (AvgIpc) is 2.75. The van der Waals surface area contributed by atoms with Crippen molar-refractivity contribution in [2.75, 3.05) is 6.61 Å². The van der Waals surface area contributed by atoms with Crippen LogP contribution in [0.2, 0.25) is 0 Å². The molecule has 16 heavy (non-hydrogen) atoms. The summed E-state index contributed by atoms with van der Waals surface area (Å²) in [5, 5.41) is 0. The van der Waals surface area contributed by atoms with Gasteiger partial charge in [-0.15, -0.1) is 0 Å². The fraction of sp³-hybridized carbons (Fsp3) is 0.538. The van der Waals surface area contributed by atoms with Gasteiger partial charge in [0, 0.05) is 4.47 Å². The maximum Gasteiger partial charge on any atom is 0.162 e. The minimum absolute atomic E-state index is 0.369. The topological polar surface area (TPSA) is 18.5 Å². The van der Waals surface area contributed by atoms with E-state index in [9.17, 15) is 0 Å². The van der Waals surface area contributed by atoms with Gasteiger partial charge in [0.2, 0.25) is 0 Å². The lowest BCUT2D eigenvalue weighted by Gasteiger charge is -2.16. The number of hydrogen-bond acceptors (Lipinski definition) is 2. The van der Waals surface area contributed by atoms with Gasteiger partial charge in [-0.05, 0) is 50.8 Å². The van der Waals surface area contributed by atoms with Gasteiger partial charge in [-0.2, -0.15) is 0 Å². The van der Waals surface area contributed by atoms with E-state index in [1.165, 1.54) is 12.8 Å². The van der Waals surface area contributed by atoms with Crippen molar-refractivity contribution in [2.24, 2.45) is 0 Å². The average molecular weight is 285 g/mol. The fourth-order valence-electron chi connectivity index (χ4n) is 2.03. The molecular weight excluding hydrogens is 268 g/mol. The van der Waals surface area contributed by atoms with Gasteiger partial charge in [0.25, 0.3) is 0 Å². The molecular formula is C13H17BrO2. The quantitative estimate of drug-likeness (QED) is 0.826. The Morgan fingerprint density at radius 1 is 1.25 bits per heavy atom. The summed E-state index contributed by atoms with van der Waals surface area (Å²) in [6.45, 7) is 2.66. The molecule has 0 saturated heterocycles. The van der Waals surface area contributed by atoms with Crippen LogP contribution in [0.4, 0.5) is 0 Å². The molecule has 0 bridgehead atoms. The molecule has 1 aliphatic carbocycles. The lowest BCUT2D eigenvalue weighted by molar-refractivity contribution is 0.196. The third kappa shape index (κ3) is 2.91. The number of rotatable bonds is 4. The first-order valence-corrected chi connectivity index (χ1v) is 6.68. The van der Waals surface area contributed by atoms with E-state index >= 15 is 0 Å². The van der Waals surface area contributed by atoms with E-state index in [1.807, 2.05) is 25.1 Å². The molecule has 0 unspecified atom stereocenters. The van der Waals surface area contributed by atoms with E-state index in [-0.39, 0.29) is 0 Å². The summed E-state index contributed by atoms with van der Waals surface area (Å²) >= 11 is 3.46. The second kappa shape index (κ2) is 5.58. The molecule has 0 spiro atoms. The SMILES string of the molecule is CCOc1ccc(Br)cc1OC1CCCC1. The molecule has 88 valence electrons.